The van der Waals surface area contributed by atoms with E-state index in [0.717, 1.165) is 4.68 Å². The first-order valence-corrected chi connectivity index (χ1v) is 7.14. The third-order valence-electron chi connectivity index (χ3n) is 2.83. The number of nitrogen functional groups attached to an aromatic ring is 1. The molecule has 2 rings (SSSR count). The minimum atomic E-state index is -2.30. The summed E-state index contributed by atoms with van der Waals surface area (Å²) in [6.07, 6.45) is 4.52. The van der Waals surface area contributed by atoms with Crippen molar-refractivity contribution in [2.24, 2.45) is 0 Å². The maximum atomic E-state index is 12.0. The third kappa shape index (κ3) is 2.82. The van der Waals surface area contributed by atoms with E-state index in [2.05, 4.69) is 5.10 Å². The van der Waals surface area contributed by atoms with Crippen molar-refractivity contribution < 1.29 is 17.9 Å². The lowest BCUT2D eigenvalue weighted by Crippen LogP contribution is -2.18. The van der Waals surface area contributed by atoms with E-state index >= 15 is 0 Å². The molecule has 3 N–H and O–H groups in total. The van der Waals surface area contributed by atoms with Crippen molar-refractivity contribution in [3.63, 3.8) is 0 Å². The van der Waals surface area contributed by atoms with Crippen LogP contribution in [-0.4, -0.2) is 35.6 Å². The number of allylic oxidation sites excluding steroid dienone is 4. The molecular formula is C12H13N3O5S. The van der Waals surface area contributed by atoms with E-state index in [1.54, 1.807) is 6.92 Å². The van der Waals surface area contributed by atoms with Crippen LogP contribution in [-0.2, 0) is 15.0 Å². The van der Waals surface area contributed by atoms with Gasteiger partial charge in [0.15, 0.2) is 5.69 Å². The van der Waals surface area contributed by atoms with Gasteiger partial charge in [-0.1, -0.05) is 6.08 Å². The van der Waals surface area contributed by atoms with Crippen LogP contribution in [0.4, 0.5) is 5.69 Å². The van der Waals surface area contributed by atoms with Crippen LogP contribution in [0.5, 0.6) is 0 Å². The number of anilines is 1. The number of hydrogen-bond donors (Lipinski definition) is 2. The van der Waals surface area contributed by atoms with E-state index in [9.17, 15) is 18.0 Å². The van der Waals surface area contributed by atoms with Gasteiger partial charge in [-0.25, -0.2) is 9.48 Å². The second-order valence-corrected chi connectivity index (χ2v) is 5.12. The first-order valence-electron chi connectivity index (χ1n) is 6.07. The van der Waals surface area contributed by atoms with Gasteiger partial charge in [-0.2, -0.15) is 8.42 Å². The Bertz CT molecular complexity index is 831. The lowest BCUT2D eigenvalue weighted by Gasteiger charge is -2.07. The summed E-state index contributed by atoms with van der Waals surface area (Å²) in [6, 6.07) is 0. The normalized spacial score (nSPS) is 14.0. The number of carbonyl (C=O) groups excluding carboxylic acids is 1. The number of H-pyrrole nitrogens is 1. The van der Waals surface area contributed by atoms with E-state index < -0.39 is 21.8 Å². The van der Waals surface area contributed by atoms with Crippen molar-refractivity contribution >= 4 is 32.5 Å². The monoisotopic (exact) mass is 311 g/mol. The predicted octanol–water partition coefficient (Wildman–Crippen LogP) is -0.212. The van der Waals surface area contributed by atoms with Crippen LogP contribution in [0.1, 0.15) is 23.8 Å². The van der Waals surface area contributed by atoms with Crippen LogP contribution in [0.2, 0.25) is 0 Å². The number of esters is 1. The van der Waals surface area contributed by atoms with E-state index in [1.165, 1.54) is 18.2 Å². The highest BCUT2D eigenvalue weighted by atomic mass is 32.2. The molecule has 0 saturated heterocycles. The number of rotatable bonds is 3. The molecule has 112 valence electrons. The van der Waals surface area contributed by atoms with Gasteiger partial charge >= 0.3 is 5.97 Å². The number of aromatic nitrogens is 2. The molecule has 1 aliphatic rings. The molecular weight excluding hydrogens is 298 g/mol. The Hall–Kier alpha value is -2.55. The Kier molecular flexibility index (Phi) is 4.13. The number of nitrogens with two attached hydrogens (primary N) is 1. The van der Waals surface area contributed by atoms with Gasteiger partial charge in [0.2, 0.25) is 10.3 Å². The van der Waals surface area contributed by atoms with Gasteiger partial charge in [0, 0.05) is 6.42 Å². The topological polar surface area (TPSA) is 124 Å². The Labute approximate surface area is 121 Å². The smallest absolute Gasteiger partial charge is 0.358 e. The highest BCUT2D eigenvalue weighted by molar-refractivity contribution is 7.73. The Morgan fingerprint density at radius 3 is 2.71 bits per heavy atom. The van der Waals surface area contributed by atoms with Crippen molar-refractivity contribution in [1.82, 2.24) is 9.78 Å². The zero-order chi connectivity index (χ0) is 15.6. The molecule has 0 unspecified atom stereocenters. The molecule has 0 atom stereocenters. The number of carbonyl (C=O) groups is 1. The van der Waals surface area contributed by atoms with Crippen LogP contribution in [0, 0.1) is 0 Å². The number of aromatic amines is 1. The molecule has 8 nitrogen and oxygen atoms in total. The molecule has 0 aromatic carbocycles. The highest BCUT2D eigenvalue weighted by Crippen LogP contribution is 2.14. The minimum absolute atomic E-state index is 0.127. The fourth-order valence-electron chi connectivity index (χ4n) is 1.80. The van der Waals surface area contributed by atoms with Crippen molar-refractivity contribution in [3.05, 3.63) is 34.3 Å². The maximum Gasteiger partial charge on any atom is 0.358 e. The van der Waals surface area contributed by atoms with Crippen LogP contribution < -0.4 is 11.3 Å². The summed E-state index contributed by atoms with van der Waals surface area (Å²) >= 11 is 0. The first-order chi connectivity index (χ1) is 9.95. The SMILES string of the molecule is CCOC(=O)c1[nH]n(C2=CCC(=S(=O)=O)C=C2)c(=O)c1N. The zero-order valence-corrected chi connectivity index (χ0v) is 11.9. The van der Waals surface area contributed by atoms with Crippen molar-refractivity contribution in [1.29, 1.82) is 0 Å². The summed E-state index contributed by atoms with van der Waals surface area (Å²) in [5.41, 5.74) is 5.03. The standard InChI is InChI=1S/C12H13N3O5S/c1-2-20-12(17)10-9(13)11(16)15(14-10)7-3-5-8(6-4-7)21(18)19/h3-5,14H,2,6,13H2,1H3. The summed E-state index contributed by atoms with van der Waals surface area (Å²) in [6.45, 7) is 1.79. The molecule has 0 saturated carbocycles. The average Bonchev–Trinajstić information content (AvgIpc) is 2.76. The fraction of sp³-hybridized carbons (Fsp3) is 0.250. The van der Waals surface area contributed by atoms with Crippen LogP contribution in [0.15, 0.2) is 23.0 Å². The maximum absolute atomic E-state index is 12.0. The zero-order valence-electron chi connectivity index (χ0n) is 11.1. The van der Waals surface area contributed by atoms with Crippen molar-refractivity contribution in [2.45, 2.75) is 13.3 Å². The molecule has 0 aliphatic heterocycles. The molecule has 0 radical (unpaired) electrons. The van der Waals surface area contributed by atoms with Gasteiger partial charge in [0.25, 0.3) is 5.56 Å². The molecule has 0 spiro atoms. The largest absolute Gasteiger partial charge is 0.461 e. The van der Waals surface area contributed by atoms with Gasteiger partial charge in [0.05, 0.1) is 17.2 Å². The number of nitrogens with zero attached hydrogens (tertiary/aromatic N) is 1. The number of hydrogen-bond acceptors (Lipinski definition) is 6. The quantitative estimate of drug-likeness (QED) is 0.588. The van der Waals surface area contributed by atoms with E-state index in [0.29, 0.717) is 5.70 Å². The Morgan fingerprint density at radius 1 is 1.48 bits per heavy atom. The number of nitrogens with one attached hydrogen (secondary N) is 1. The summed E-state index contributed by atoms with van der Waals surface area (Å²) in [4.78, 5) is 23.9. The molecule has 21 heavy (non-hydrogen) atoms. The van der Waals surface area contributed by atoms with Crippen molar-refractivity contribution in [3.8, 4) is 0 Å². The highest BCUT2D eigenvalue weighted by Gasteiger charge is 2.20. The third-order valence-corrected chi connectivity index (χ3v) is 3.56. The van der Waals surface area contributed by atoms with E-state index in [-0.39, 0.29) is 29.3 Å². The van der Waals surface area contributed by atoms with Gasteiger partial charge in [-0.05, 0) is 19.1 Å². The van der Waals surface area contributed by atoms with Gasteiger partial charge in [-0.3, -0.25) is 9.89 Å². The summed E-state index contributed by atoms with van der Waals surface area (Å²) in [5.74, 6) is -0.723. The molecule has 1 aromatic heterocycles. The average molecular weight is 311 g/mol. The lowest BCUT2D eigenvalue weighted by molar-refractivity contribution is 0.0520. The lowest BCUT2D eigenvalue weighted by atomic mass is 10.1. The molecule has 1 aromatic rings. The number of ether oxygens (including phenoxy) is 1. The van der Waals surface area contributed by atoms with Gasteiger partial charge < -0.3 is 10.5 Å². The first kappa shape index (κ1) is 14.9. The van der Waals surface area contributed by atoms with Crippen LogP contribution >= 0.6 is 0 Å². The molecule has 0 amide bonds. The molecule has 1 heterocycles. The summed E-state index contributed by atoms with van der Waals surface area (Å²) < 4.78 is 27.5. The predicted molar refractivity (Wildman–Crippen MR) is 77.4 cm³/mol. The van der Waals surface area contributed by atoms with Gasteiger partial charge in [0.1, 0.15) is 5.69 Å². The summed E-state index contributed by atoms with van der Waals surface area (Å²) in [7, 11) is -2.30. The molecule has 1 aliphatic carbocycles. The Balaban J connectivity index is 2.42. The van der Waals surface area contributed by atoms with Crippen LogP contribution in [0.3, 0.4) is 0 Å². The van der Waals surface area contributed by atoms with E-state index in [4.69, 9.17) is 10.5 Å². The van der Waals surface area contributed by atoms with Crippen molar-refractivity contribution in [2.75, 3.05) is 12.3 Å². The molecule has 0 bridgehead atoms. The minimum Gasteiger partial charge on any atom is -0.461 e. The second kappa shape index (κ2) is 5.83. The Morgan fingerprint density at radius 2 is 2.19 bits per heavy atom. The van der Waals surface area contributed by atoms with Gasteiger partial charge in [-0.15, -0.1) is 0 Å². The molecule has 0 fully saturated rings. The summed E-state index contributed by atoms with van der Waals surface area (Å²) in [5, 5.41) is 2.57. The second-order valence-electron chi connectivity index (χ2n) is 4.13. The van der Waals surface area contributed by atoms with E-state index in [1.807, 2.05) is 0 Å². The molecule has 9 heteroatoms. The fourth-order valence-corrected chi connectivity index (χ4v) is 2.20. The van der Waals surface area contributed by atoms with Crippen LogP contribution in [0.25, 0.3) is 5.70 Å².